The number of rotatable bonds is 4. The lowest BCUT2D eigenvalue weighted by Crippen LogP contribution is -2.45. The van der Waals surface area contributed by atoms with Crippen LogP contribution in [0.15, 0.2) is 30.6 Å². The van der Waals surface area contributed by atoms with Crippen LogP contribution in [0.2, 0.25) is 0 Å². The van der Waals surface area contributed by atoms with Gasteiger partial charge in [0.2, 0.25) is 0 Å². The van der Waals surface area contributed by atoms with Crippen LogP contribution < -0.4 is 4.90 Å². The van der Waals surface area contributed by atoms with Gasteiger partial charge in [0.15, 0.2) is 0 Å². The standard InChI is InChI=1S/C17H20N4O2/c1-2-15-19-13(12-6-8-18-9-7-12)11-16(20-15)21-10-4-3-5-14(21)17(22)23/h6-9,11,14H,2-5,10H2,1H3,(H,22,23). The molecule has 0 amide bonds. The molecular formula is C17H20N4O2. The quantitative estimate of drug-likeness (QED) is 0.934. The molecule has 0 radical (unpaired) electrons. The lowest BCUT2D eigenvalue weighted by Gasteiger charge is -2.34. The number of nitrogens with zero attached hydrogens (tertiary/aromatic N) is 4. The normalized spacial score (nSPS) is 18.0. The van der Waals surface area contributed by atoms with Gasteiger partial charge in [-0.3, -0.25) is 4.98 Å². The first-order valence-corrected chi connectivity index (χ1v) is 7.97. The molecule has 0 spiro atoms. The van der Waals surface area contributed by atoms with Crippen LogP contribution in [0.1, 0.15) is 32.0 Å². The van der Waals surface area contributed by atoms with Crippen LogP contribution in [-0.4, -0.2) is 38.6 Å². The Hall–Kier alpha value is -2.50. The Balaban J connectivity index is 2.03. The molecule has 1 aliphatic rings. The third kappa shape index (κ3) is 3.31. The van der Waals surface area contributed by atoms with E-state index in [0.29, 0.717) is 25.2 Å². The average molecular weight is 312 g/mol. The van der Waals surface area contributed by atoms with E-state index in [1.807, 2.05) is 30.0 Å². The van der Waals surface area contributed by atoms with Gasteiger partial charge in [0.1, 0.15) is 17.7 Å². The number of pyridine rings is 1. The minimum Gasteiger partial charge on any atom is -0.480 e. The fraction of sp³-hybridized carbons (Fsp3) is 0.412. The van der Waals surface area contributed by atoms with Crippen molar-refractivity contribution >= 4 is 11.8 Å². The first-order chi connectivity index (χ1) is 11.2. The predicted octanol–water partition coefficient (Wildman–Crippen LogP) is 2.54. The van der Waals surface area contributed by atoms with Crippen molar-refractivity contribution < 1.29 is 9.90 Å². The van der Waals surface area contributed by atoms with Crippen LogP contribution >= 0.6 is 0 Å². The summed E-state index contributed by atoms with van der Waals surface area (Å²) in [7, 11) is 0. The summed E-state index contributed by atoms with van der Waals surface area (Å²) in [6, 6.07) is 5.18. The van der Waals surface area contributed by atoms with E-state index in [4.69, 9.17) is 0 Å². The summed E-state index contributed by atoms with van der Waals surface area (Å²) in [5.74, 6) is 0.645. The summed E-state index contributed by atoms with van der Waals surface area (Å²) in [5.41, 5.74) is 1.77. The van der Waals surface area contributed by atoms with Crippen molar-refractivity contribution in [1.29, 1.82) is 0 Å². The van der Waals surface area contributed by atoms with E-state index in [0.717, 1.165) is 29.9 Å². The maximum Gasteiger partial charge on any atom is 0.326 e. The van der Waals surface area contributed by atoms with Crippen molar-refractivity contribution in [2.75, 3.05) is 11.4 Å². The fourth-order valence-electron chi connectivity index (χ4n) is 2.92. The van der Waals surface area contributed by atoms with Crippen LogP contribution in [0.3, 0.4) is 0 Å². The molecule has 120 valence electrons. The van der Waals surface area contributed by atoms with Crippen molar-refractivity contribution in [1.82, 2.24) is 15.0 Å². The van der Waals surface area contributed by atoms with E-state index in [-0.39, 0.29) is 0 Å². The largest absolute Gasteiger partial charge is 0.480 e. The topological polar surface area (TPSA) is 79.2 Å². The Kier molecular flexibility index (Phi) is 4.50. The molecule has 3 rings (SSSR count). The number of carbonyl (C=O) groups is 1. The van der Waals surface area contributed by atoms with E-state index in [9.17, 15) is 9.90 Å². The molecule has 0 bridgehead atoms. The molecule has 6 heteroatoms. The number of anilines is 1. The molecule has 6 nitrogen and oxygen atoms in total. The van der Waals surface area contributed by atoms with Gasteiger partial charge in [0.05, 0.1) is 5.69 Å². The summed E-state index contributed by atoms with van der Waals surface area (Å²) in [6.45, 7) is 2.72. The highest BCUT2D eigenvalue weighted by atomic mass is 16.4. The van der Waals surface area contributed by atoms with Crippen molar-refractivity contribution in [2.45, 2.75) is 38.6 Å². The monoisotopic (exact) mass is 312 g/mol. The van der Waals surface area contributed by atoms with E-state index in [2.05, 4.69) is 15.0 Å². The smallest absolute Gasteiger partial charge is 0.326 e. The second-order valence-corrected chi connectivity index (χ2v) is 5.66. The molecule has 1 N–H and O–H groups in total. The van der Waals surface area contributed by atoms with Crippen molar-refractivity contribution in [3.05, 3.63) is 36.4 Å². The SMILES string of the molecule is CCc1nc(-c2ccncc2)cc(N2CCCCC2C(=O)O)n1. The fourth-order valence-corrected chi connectivity index (χ4v) is 2.92. The molecule has 0 aromatic carbocycles. The summed E-state index contributed by atoms with van der Waals surface area (Å²) in [4.78, 5) is 26.6. The molecule has 1 fully saturated rings. The molecule has 2 aromatic rings. The zero-order valence-corrected chi connectivity index (χ0v) is 13.1. The molecular weight excluding hydrogens is 292 g/mol. The number of aliphatic carboxylic acids is 1. The Morgan fingerprint density at radius 1 is 1.30 bits per heavy atom. The maximum atomic E-state index is 11.6. The van der Waals surface area contributed by atoms with Crippen molar-refractivity contribution in [2.24, 2.45) is 0 Å². The minimum atomic E-state index is -0.785. The number of hydrogen-bond acceptors (Lipinski definition) is 5. The van der Waals surface area contributed by atoms with Crippen LogP contribution in [0.4, 0.5) is 5.82 Å². The van der Waals surface area contributed by atoms with Gasteiger partial charge in [0.25, 0.3) is 0 Å². The van der Waals surface area contributed by atoms with E-state index < -0.39 is 12.0 Å². The second-order valence-electron chi connectivity index (χ2n) is 5.66. The number of aromatic nitrogens is 3. The first kappa shape index (κ1) is 15.4. The van der Waals surface area contributed by atoms with Gasteiger partial charge in [-0.2, -0.15) is 0 Å². The van der Waals surface area contributed by atoms with Crippen LogP contribution in [-0.2, 0) is 11.2 Å². The van der Waals surface area contributed by atoms with Gasteiger partial charge in [-0.15, -0.1) is 0 Å². The number of carboxylic acids is 1. The summed E-state index contributed by atoms with van der Waals surface area (Å²) in [6.07, 6.45) is 6.74. The highest BCUT2D eigenvalue weighted by Crippen LogP contribution is 2.27. The van der Waals surface area contributed by atoms with Crippen molar-refractivity contribution in [3.63, 3.8) is 0 Å². The number of aryl methyl sites for hydroxylation is 1. The zero-order chi connectivity index (χ0) is 16.2. The molecule has 1 unspecified atom stereocenters. The van der Waals surface area contributed by atoms with Crippen molar-refractivity contribution in [3.8, 4) is 11.3 Å². The zero-order valence-electron chi connectivity index (χ0n) is 13.1. The third-order valence-electron chi connectivity index (χ3n) is 4.13. The molecule has 0 saturated carbocycles. The lowest BCUT2D eigenvalue weighted by atomic mass is 10.0. The molecule has 3 heterocycles. The Labute approximate surface area is 135 Å². The molecule has 1 saturated heterocycles. The first-order valence-electron chi connectivity index (χ1n) is 7.97. The maximum absolute atomic E-state index is 11.6. The average Bonchev–Trinajstić information content (AvgIpc) is 2.62. The summed E-state index contributed by atoms with van der Waals surface area (Å²) in [5, 5.41) is 9.49. The summed E-state index contributed by atoms with van der Waals surface area (Å²) < 4.78 is 0. The highest BCUT2D eigenvalue weighted by molar-refractivity contribution is 5.78. The predicted molar refractivity (Wildman–Crippen MR) is 87.3 cm³/mol. The van der Waals surface area contributed by atoms with Gasteiger partial charge in [-0.1, -0.05) is 6.92 Å². The highest BCUT2D eigenvalue weighted by Gasteiger charge is 2.29. The Bertz CT molecular complexity index is 690. The molecule has 2 aromatic heterocycles. The minimum absolute atomic E-state index is 0.506. The van der Waals surface area contributed by atoms with E-state index in [1.165, 1.54) is 0 Å². The molecule has 1 aliphatic heterocycles. The number of piperidine rings is 1. The van der Waals surface area contributed by atoms with E-state index in [1.54, 1.807) is 12.4 Å². The summed E-state index contributed by atoms with van der Waals surface area (Å²) >= 11 is 0. The van der Waals surface area contributed by atoms with Gasteiger partial charge in [-0.25, -0.2) is 14.8 Å². The van der Waals surface area contributed by atoms with Gasteiger partial charge < -0.3 is 10.0 Å². The molecule has 1 atom stereocenters. The molecule has 23 heavy (non-hydrogen) atoms. The van der Waals surface area contributed by atoms with Gasteiger partial charge >= 0.3 is 5.97 Å². The Morgan fingerprint density at radius 2 is 2.09 bits per heavy atom. The third-order valence-corrected chi connectivity index (χ3v) is 4.13. The number of hydrogen-bond donors (Lipinski definition) is 1. The van der Waals surface area contributed by atoms with Gasteiger partial charge in [-0.05, 0) is 31.4 Å². The van der Waals surface area contributed by atoms with E-state index >= 15 is 0 Å². The number of carboxylic acid groups (broad SMARTS) is 1. The molecule has 0 aliphatic carbocycles. The Morgan fingerprint density at radius 3 is 2.78 bits per heavy atom. The van der Waals surface area contributed by atoms with Crippen LogP contribution in [0, 0.1) is 0 Å². The van der Waals surface area contributed by atoms with Crippen LogP contribution in [0.25, 0.3) is 11.3 Å². The lowest BCUT2D eigenvalue weighted by molar-refractivity contribution is -0.139. The van der Waals surface area contributed by atoms with Gasteiger partial charge in [0, 0.05) is 37.0 Å². The van der Waals surface area contributed by atoms with Crippen LogP contribution in [0.5, 0.6) is 0 Å². The second kappa shape index (κ2) is 6.73.